The van der Waals surface area contributed by atoms with Crippen LogP contribution in [0.2, 0.25) is 0 Å². The van der Waals surface area contributed by atoms with Gasteiger partial charge in [0.25, 0.3) is 5.91 Å². The number of pyridine rings is 1. The monoisotopic (exact) mass is 361 g/mol. The highest BCUT2D eigenvalue weighted by Crippen LogP contribution is 2.14. The predicted molar refractivity (Wildman–Crippen MR) is 99.4 cm³/mol. The number of nitrogens with one attached hydrogen (secondary N) is 1. The largest absolute Gasteiger partial charge is 0.382 e. The highest BCUT2D eigenvalue weighted by Gasteiger charge is 2.13. The summed E-state index contributed by atoms with van der Waals surface area (Å²) in [5.74, 6) is -0.398. The van der Waals surface area contributed by atoms with Crippen molar-refractivity contribution in [3.63, 3.8) is 0 Å². The van der Waals surface area contributed by atoms with E-state index in [2.05, 4.69) is 20.4 Å². The normalized spacial score (nSPS) is 10.8. The van der Waals surface area contributed by atoms with Gasteiger partial charge in [0, 0.05) is 24.3 Å². The highest BCUT2D eigenvalue weighted by atomic mass is 16.2. The van der Waals surface area contributed by atoms with Crippen LogP contribution in [-0.2, 0) is 6.54 Å². The number of anilines is 2. The zero-order chi connectivity index (χ0) is 18.8. The zero-order valence-electron chi connectivity index (χ0n) is 14.1. The lowest BCUT2D eigenvalue weighted by molar-refractivity contribution is 0.102. The van der Waals surface area contributed by atoms with E-state index >= 15 is 0 Å². The lowest BCUT2D eigenvalue weighted by Gasteiger charge is -2.08. The fraction of sp³-hybridized carbons (Fsp3) is 0.0556. The third-order valence-electron chi connectivity index (χ3n) is 3.95. The molecule has 0 saturated heterocycles. The van der Waals surface area contributed by atoms with Crippen molar-refractivity contribution in [2.24, 2.45) is 0 Å². The van der Waals surface area contributed by atoms with E-state index < -0.39 is 5.91 Å². The summed E-state index contributed by atoms with van der Waals surface area (Å²) >= 11 is 0. The molecule has 3 aromatic heterocycles. The maximum absolute atomic E-state index is 12.4. The fourth-order valence-corrected chi connectivity index (χ4v) is 2.71. The quantitative estimate of drug-likeness (QED) is 0.563. The van der Waals surface area contributed by atoms with Gasteiger partial charge < -0.3 is 11.1 Å². The van der Waals surface area contributed by atoms with E-state index in [1.165, 1.54) is 21.5 Å². The van der Waals surface area contributed by atoms with Crippen LogP contribution < -0.4 is 16.7 Å². The number of hydrogen-bond acceptors (Lipinski definition) is 6. The summed E-state index contributed by atoms with van der Waals surface area (Å²) in [5.41, 5.74) is 7.44. The van der Waals surface area contributed by atoms with Gasteiger partial charge in [-0.15, -0.1) is 5.10 Å². The SMILES string of the molecule is Nc1nccnc1C(=O)Nc1cccc(Cn2nc3ccccn3c2=O)c1. The second-order valence-electron chi connectivity index (χ2n) is 5.81. The molecule has 0 fully saturated rings. The third-order valence-corrected chi connectivity index (χ3v) is 3.95. The molecule has 0 atom stereocenters. The van der Waals surface area contributed by atoms with E-state index in [0.717, 1.165) is 5.56 Å². The Labute approximate surface area is 153 Å². The van der Waals surface area contributed by atoms with Gasteiger partial charge in [-0.25, -0.2) is 19.4 Å². The molecule has 0 saturated carbocycles. The van der Waals surface area contributed by atoms with Gasteiger partial charge >= 0.3 is 5.69 Å². The van der Waals surface area contributed by atoms with Crippen LogP contribution in [0.4, 0.5) is 11.5 Å². The first-order valence-corrected chi connectivity index (χ1v) is 8.13. The number of nitrogens with zero attached hydrogens (tertiary/aromatic N) is 5. The summed E-state index contributed by atoms with van der Waals surface area (Å²) in [6, 6.07) is 12.5. The molecule has 4 rings (SSSR count). The molecule has 27 heavy (non-hydrogen) atoms. The first kappa shape index (κ1) is 16.5. The van der Waals surface area contributed by atoms with Crippen molar-refractivity contribution in [1.82, 2.24) is 24.1 Å². The van der Waals surface area contributed by atoms with Gasteiger partial charge in [0.1, 0.15) is 0 Å². The van der Waals surface area contributed by atoms with Crippen LogP contribution in [-0.4, -0.2) is 30.1 Å². The van der Waals surface area contributed by atoms with Gasteiger partial charge in [-0.3, -0.25) is 9.20 Å². The molecule has 0 aliphatic carbocycles. The summed E-state index contributed by atoms with van der Waals surface area (Å²) in [6.45, 7) is 0.275. The summed E-state index contributed by atoms with van der Waals surface area (Å²) < 4.78 is 2.85. The van der Waals surface area contributed by atoms with Gasteiger partial charge in [0.15, 0.2) is 17.2 Å². The van der Waals surface area contributed by atoms with Crippen molar-refractivity contribution in [2.75, 3.05) is 11.1 Å². The average molecular weight is 361 g/mol. The van der Waals surface area contributed by atoms with Crippen molar-refractivity contribution in [1.29, 1.82) is 0 Å². The van der Waals surface area contributed by atoms with Crippen LogP contribution in [0.5, 0.6) is 0 Å². The topological polar surface area (TPSA) is 120 Å². The molecule has 4 aromatic rings. The smallest absolute Gasteiger partial charge is 0.350 e. The molecule has 0 bridgehead atoms. The summed E-state index contributed by atoms with van der Waals surface area (Å²) in [5, 5.41) is 7.03. The lowest BCUT2D eigenvalue weighted by atomic mass is 10.2. The Kier molecular flexibility index (Phi) is 4.09. The Morgan fingerprint density at radius 1 is 1.11 bits per heavy atom. The molecule has 3 N–H and O–H groups in total. The first-order valence-electron chi connectivity index (χ1n) is 8.13. The number of aromatic nitrogens is 5. The van der Waals surface area contributed by atoms with Crippen molar-refractivity contribution in [3.8, 4) is 0 Å². The number of fused-ring (bicyclic) bond motifs is 1. The standard InChI is InChI=1S/C18H15N7O2/c19-16-15(20-7-8-21-16)17(26)22-13-5-3-4-12(10-13)11-25-18(27)24-9-2-1-6-14(24)23-25/h1-10H,11H2,(H2,19,21)(H,22,26). The molecule has 0 radical (unpaired) electrons. The van der Waals surface area contributed by atoms with Crippen LogP contribution in [0.15, 0.2) is 65.8 Å². The van der Waals surface area contributed by atoms with E-state index in [0.29, 0.717) is 11.3 Å². The minimum atomic E-state index is -0.456. The maximum Gasteiger partial charge on any atom is 0.350 e. The lowest BCUT2D eigenvalue weighted by Crippen LogP contribution is -2.21. The second-order valence-corrected chi connectivity index (χ2v) is 5.81. The van der Waals surface area contributed by atoms with Crippen molar-refractivity contribution < 1.29 is 4.79 Å². The molecule has 9 nitrogen and oxygen atoms in total. The molecule has 3 heterocycles. The Bertz CT molecular complexity index is 1200. The van der Waals surface area contributed by atoms with Gasteiger partial charge in [0.05, 0.1) is 6.54 Å². The zero-order valence-corrected chi connectivity index (χ0v) is 14.1. The molecule has 1 amide bonds. The molecule has 1 aromatic carbocycles. The molecule has 0 spiro atoms. The number of benzene rings is 1. The van der Waals surface area contributed by atoms with Crippen LogP contribution >= 0.6 is 0 Å². The van der Waals surface area contributed by atoms with Gasteiger partial charge in [-0.2, -0.15) is 0 Å². The Morgan fingerprint density at radius 2 is 1.96 bits per heavy atom. The maximum atomic E-state index is 12.4. The number of nitrogens with two attached hydrogens (primary N) is 1. The summed E-state index contributed by atoms with van der Waals surface area (Å²) in [6.07, 6.45) is 4.49. The average Bonchev–Trinajstić information content (AvgIpc) is 2.98. The van der Waals surface area contributed by atoms with E-state index in [1.54, 1.807) is 36.5 Å². The van der Waals surface area contributed by atoms with Gasteiger partial charge in [0.2, 0.25) is 0 Å². The Balaban J connectivity index is 1.57. The van der Waals surface area contributed by atoms with Gasteiger partial charge in [-0.05, 0) is 29.8 Å². The molecule has 9 heteroatoms. The number of hydrogen-bond donors (Lipinski definition) is 2. The predicted octanol–water partition coefficient (Wildman–Crippen LogP) is 1.17. The molecular formula is C18H15N7O2. The Morgan fingerprint density at radius 3 is 2.78 bits per heavy atom. The second kappa shape index (κ2) is 6.71. The van der Waals surface area contributed by atoms with E-state index in [-0.39, 0.29) is 23.7 Å². The number of nitrogen functional groups attached to an aromatic ring is 1. The molecule has 134 valence electrons. The third kappa shape index (κ3) is 3.25. The number of carbonyl (C=O) groups is 1. The van der Waals surface area contributed by atoms with E-state index in [1.807, 2.05) is 12.1 Å². The number of rotatable bonds is 4. The van der Waals surface area contributed by atoms with E-state index in [9.17, 15) is 9.59 Å². The number of amides is 1. The van der Waals surface area contributed by atoms with Crippen molar-refractivity contribution >= 4 is 23.1 Å². The molecule has 0 aliphatic heterocycles. The van der Waals surface area contributed by atoms with Crippen LogP contribution in [0, 0.1) is 0 Å². The van der Waals surface area contributed by atoms with Gasteiger partial charge in [-0.1, -0.05) is 18.2 Å². The summed E-state index contributed by atoms with van der Waals surface area (Å²) in [7, 11) is 0. The Hall–Kier alpha value is -4.01. The fourth-order valence-electron chi connectivity index (χ4n) is 2.71. The minimum absolute atomic E-state index is 0.0551. The van der Waals surface area contributed by atoms with Crippen molar-refractivity contribution in [3.05, 3.63) is 82.8 Å². The summed E-state index contributed by atoms with van der Waals surface area (Å²) in [4.78, 5) is 32.5. The van der Waals surface area contributed by atoms with Crippen LogP contribution in [0.3, 0.4) is 0 Å². The molecule has 0 unspecified atom stereocenters. The van der Waals surface area contributed by atoms with Crippen molar-refractivity contribution in [2.45, 2.75) is 6.54 Å². The van der Waals surface area contributed by atoms with Crippen LogP contribution in [0.1, 0.15) is 16.1 Å². The highest BCUT2D eigenvalue weighted by molar-refractivity contribution is 6.05. The minimum Gasteiger partial charge on any atom is -0.382 e. The molecule has 0 aliphatic rings. The molecular weight excluding hydrogens is 346 g/mol. The van der Waals surface area contributed by atoms with Crippen LogP contribution in [0.25, 0.3) is 5.65 Å². The first-order chi connectivity index (χ1) is 13.1. The number of carbonyl (C=O) groups excluding carboxylic acids is 1. The van der Waals surface area contributed by atoms with E-state index in [4.69, 9.17) is 5.73 Å².